The molecule has 1 aliphatic rings. The van der Waals surface area contributed by atoms with Crippen molar-refractivity contribution in [3.63, 3.8) is 0 Å². The molecule has 3 atom stereocenters. The molecule has 2 rings (SSSR count). The second-order valence-corrected chi connectivity index (χ2v) is 6.05. The Morgan fingerprint density at radius 3 is 3.00 bits per heavy atom. The number of hydrogen-bond acceptors (Lipinski definition) is 4. The van der Waals surface area contributed by atoms with Gasteiger partial charge in [0.25, 0.3) is 0 Å². The van der Waals surface area contributed by atoms with Gasteiger partial charge in [-0.05, 0) is 24.8 Å². The monoisotopic (exact) mass is 267 g/mol. The first-order valence-electron chi connectivity index (χ1n) is 6.37. The van der Waals surface area contributed by atoms with Crippen LogP contribution in [0, 0.1) is 5.92 Å². The quantitative estimate of drug-likeness (QED) is 0.857. The standard InChI is InChI=1S/C14H21NO2S/c1-10(7-16)9-18-13-8-17-12-6-4-3-5-11(12)14(13)15-2/h3-6,10,13-16H,7-9H2,1-2H3. The number of aliphatic hydroxyl groups is 1. The molecule has 0 aliphatic carbocycles. The highest BCUT2D eigenvalue weighted by molar-refractivity contribution is 8.00. The third-order valence-corrected chi connectivity index (χ3v) is 4.84. The molecule has 0 fully saturated rings. The van der Waals surface area contributed by atoms with Gasteiger partial charge in [-0.1, -0.05) is 25.1 Å². The topological polar surface area (TPSA) is 41.5 Å². The summed E-state index contributed by atoms with van der Waals surface area (Å²) in [5.41, 5.74) is 1.24. The predicted octanol–water partition coefficient (Wildman–Crippen LogP) is 2.07. The van der Waals surface area contributed by atoms with E-state index in [0.29, 0.717) is 17.2 Å². The molecule has 0 saturated carbocycles. The molecule has 0 bridgehead atoms. The molecule has 0 radical (unpaired) electrons. The van der Waals surface area contributed by atoms with Crippen LogP contribution in [0.25, 0.3) is 0 Å². The summed E-state index contributed by atoms with van der Waals surface area (Å²) in [5, 5.41) is 12.9. The molecule has 1 heterocycles. The molecule has 1 aliphatic heterocycles. The van der Waals surface area contributed by atoms with Crippen LogP contribution in [0.5, 0.6) is 5.75 Å². The van der Waals surface area contributed by atoms with Crippen molar-refractivity contribution in [3.05, 3.63) is 29.8 Å². The lowest BCUT2D eigenvalue weighted by Gasteiger charge is -2.33. The van der Waals surface area contributed by atoms with Crippen LogP contribution in [-0.4, -0.2) is 36.4 Å². The van der Waals surface area contributed by atoms with Crippen LogP contribution in [-0.2, 0) is 0 Å². The van der Waals surface area contributed by atoms with E-state index in [-0.39, 0.29) is 6.61 Å². The van der Waals surface area contributed by atoms with Crippen molar-refractivity contribution in [2.45, 2.75) is 18.2 Å². The zero-order valence-electron chi connectivity index (χ0n) is 10.9. The van der Waals surface area contributed by atoms with Crippen molar-refractivity contribution in [1.29, 1.82) is 0 Å². The Balaban J connectivity index is 2.06. The minimum atomic E-state index is 0.251. The number of rotatable bonds is 5. The Morgan fingerprint density at radius 1 is 1.50 bits per heavy atom. The van der Waals surface area contributed by atoms with Gasteiger partial charge in [0.1, 0.15) is 12.4 Å². The minimum absolute atomic E-state index is 0.251. The maximum atomic E-state index is 9.08. The summed E-state index contributed by atoms with van der Waals surface area (Å²) >= 11 is 1.88. The molecule has 3 unspecified atom stereocenters. The van der Waals surface area contributed by atoms with E-state index in [1.54, 1.807) is 0 Å². The third-order valence-electron chi connectivity index (χ3n) is 3.25. The van der Waals surface area contributed by atoms with E-state index in [9.17, 15) is 0 Å². The molecular weight excluding hydrogens is 246 g/mol. The average Bonchev–Trinajstić information content (AvgIpc) is 2.43. The van der Waals surface area contributed by atoms with E-state index >= 15 is 0 Å². The Morgan fingerprint density at radius 2 is 2.28 bits per heavy atom. The van der Waals surface area contributed by atoms with Crippen LogP contribution in [0.2, 0.25) is 0 Å². The maximum Gasteiger partial charge on any atom is 0.124 e. The summed E-state index contributed by atoms with van der Waals surface area (Å²) in [5.74, 6) is 2.29. The number of aliphatic hydroxyl groups excluding tert-OH is 1. The highest BCUT2D eigenvalue weighted by atomic mass is 32.2. The van der Waals surface area contributed by atoms with Crippen molar-refractivity contribution in [2.24, 2.45) is 5.92 Å². The highest BCUT2D eigenvalue weighted by Crippen LogP contribution is 2.37. The first-order chi connectivity index (χ1) is 8.76. The largest absolute Gasteiger partial charge is 0.492 e. The zero-order chi connectivity index (χ0) is 13.0. The number of hydrogen-bond donors (Lipinski definition) is 2. The van der Waals surface area contributed by atoms with Gasteiger partial charge in [-0.25, -0.2) is 0 Å². The lowest BCUT2D eigenvalue weighted by atomic mass is 10.0. The predicted molar refractivity (Wildman–Crippen MR) is 76.2 cm³/mol. The van der Waals surface area contributed by atoms with Crippen molar-refractivity contribution in [2.75, 3.05) is 26.0 Å². The van der Waals surface area contributed by atoms with E-state index in [1.807, 2.05) is 30.9 Å². The molecule has 2 N–H and O–H groups in total. The van der Waals surface area contributed by atoms with Gasteiger partial charge in [-0.2, -0.15) is 11.8 Å². The van der Waals surface area contributed by atoms with Gasteiger partial charge in [0.2, 0.25) is 0 Å². The summed E-state index contributed by atoms with van der Waals surface area (Å²) in [6.07, 6.45) is 0. The third kappa shape index (κ3) is 2.99. The molecule has 3 nitrogen and oxygen atoms in total. The fraction of sp³-hybridized carbons (Fsp3) is 0.571. The number of benzene rings is 1. The van der Waals surface area contributed by atoms with E-state index in [1.165, 1.54) is 5.56 Å². The Bertz CT molecular complexity index is 386. The summed E-state index contributed by atoms with van der Waals surface area (Å²) in [4.78, 5) is 0. The van der Waals surface area contributed by atoms with Crippen LogP contribution in [0.1, 0.15) is 18.5 Å². The summed E-state index contributed by atoms with van der Waals surface area (Å²) in [6.45, 7) is 3.05. The molecular formula is C14H21NO2S. The number of ether oxygens (including phenoxy) is 1. The minimum Gasteiger partial charge on any atom is -0.492 e. The van der Waals surface area contributed by atoms with Gasteiger partial charge in [0.15, 0.2) is 0 Å². The van der Waals surface area contributed by atoms with Crippen LogP contribution < -0.4 is 10.1 Å². The summed E-state index contributed by atoms with van der Waals surface area (Å²) in [7, 11) is 2.00. The fourth-order valence-corrected chi connectivity index (χ4v) is 3.48. The Kier molecular flexibility index (Phi) is 4.92. The van der Waals surface area contributed by atoms with E-state index in [2.05, 4.69) is 24.4 Å². The lowest BCUT2D eigenvalue weighted by Crippen LogP contribution is -2.36. The number of fused-ring (bicyclic) bond motifs is 1. The second-order valence-electron chi connectivity index (χ2n) is 4.77. The fourth-order valence-electron chi connectivity index (χ4n) is 2.16. The van der Waals surface area contributed by atoms with Gasteiger partial charge >= 0.3 is 0 Å². The van der Waals surface area contributed by atoms with Crippen molar-refractivity contribution in [3.8, 4) is 5.75 Å². The van der Waals surface area contributed by atoms with Crippen LogP contribution in [0.3, 0.4) is 0 Å². The van der Waals surface area contributed by atoms with E-state index in [0.717, 1.165) is 18.1 Å². The molecule has 1 aromatic carbocycles. The maximum absolute atomic E-state index is 9.08. The van der Waals surface area contributed by atoms with Gasteiger partial charge in [-0.15, -0.1) is 0 Å². The van der Waals surface area contributed by atoms with E-state index in [4.69, 9.17) is 9.84 Å². The highest BCUT2D eigenvalue weighted by Gasteiger charge is 2.30. The van der Waals surface area contributed by atoms with Gasteiger partial charge < -0.3 is 15.2 Å². The molecule has 0 amide bonds. The van der Waals surface area contributed by atoms with Crippen LogP contribution in [0.15, 0.2) is 24.3 Å². The molecule has 0 aromatic heterocycles. The van der Waals surface area contributed by atoms with Gasteiger partial charge in [0.05, 0.1) is 11.3 Å². The summed E-state index contributed by atoms with van der Waals surface area (Å²) in [6, 6.07) is 8.53. The summed E-state index contributed by atoms with van der Waals surface area (Å²) < 4.78 is 5.81. The smallest absolute Gasteiger partial charge is 0.124 e. The number of thioether (sulfide) groups is 1. The molecule has 0 spiro atoms. The molecule has 1 aromatic rings. The number of para-hydroxylation sites is 1. The lowest BCUT2D eigenvalue weighted by molar-refractivity contribution is 0.248. The average molecular weight is 267 g/mol. The Hall–Kier alpha value is -0.710. The normalized spacial score (nSPS) is 24.2. The second kappa shape index (κ2) is 6.45. The number of nitrogens with one attached hydrogen (secondary N) is 1. The molecule has 18 heavy (non-hydrogen) atoms. The first kappa shape index (κ1) is 13.7. The molecule has 100 valence electrons. The van der Waals surface area contributed by atoms with E-state index < -0.39 is 0 Å². The molecule has 4 heteroatoms. The Labute approximate surface area is 113 Å². The SMILES string of the molecule is CNC1c2ccccc2OCC1SCC(C)CO. The van der Waals surface area contributed by atoms with Crippen LogP contribution >= 0.6 is 11.8 Å². The van der Waals surface area contributed by atoms with Gasteiger partial charge in [0, 0.05) is 12.2 Å². The van der Waals surface area contributed by atoms with Crippen molar-refractivity contribution < 1.29 is 9.84 Å². The van der Waals surface area contributed by atoms with Crippen molar-refractivity contribution in [1.82, 2.24) is 5.32 Å². The van der Waals surface area contributed by atoms with Crippen molar-refractivity contribution >= 4 is 11.8 Å². The molecule has 0 saturated heterocycles. The first-order valence-corrected chi connectivity index (χ1v) is 7.42. The van der Waals surface area contributed by atoms with Crippen LogP contribution in [0.4, 0.5) is 0 Å². The zero-order valence-corrected chi connectivity index (χ0v) is 11.7. The van der Waals surface area contributed by atoms with Gasteiger partial charge in [-0.3, -0.25) is 0 Å².